The smallest absolute Gasteiger partial charge is 0.0743 e. The lowest BCUT2D eigenvalue weighted by Crippen LogP contribution is -2.53. The average Bonchev–Trinajstić information content (AvgIpc) is 2.09. The molecule has 1 fully saturated rings. The minimum absolute atomic E-state index is 0.0428. The number of aliphatic hydroxyl groups is 2. The zero-order valence-corrected chi connectivity index (χ0v) is 7.90. The molecule has 3 atom stereocenters. The lowest BCUT2D eigenvalue weighted by molar-refractivity contribution is -0.0434. The van der Waals surface area contributed by atoms with E-state index in [1.54, 1.807) is 0 Å². The van der Waals surface area contributed by atoms with E-state index in [9.17, 15) is 5.11 Å². The molecule has 0 aliphatic carbocycles. The van der Waals surface area contributed by atoms with Gasteiger partial charge in [0.15, 0.2) is 0 Å². The number of rotatable bonds is 2. The Morgan fingerprint density at radius 1 is 1.50 bits per heavy atom. The van der Waals surface area contributed by atoms with Crippen LogP contribution in [0.4, 0.5) is 0 Å². The summed E-state index contributed by atoms with van der Waals surface area (Å²) in [6.07, 6.45) is 0.676. The third-order valence-corrected chi connectivity index (χ3v) is 2.91. The second-order valence-corrected chi connectivity index (χ2v) is 3.64. The number of aliphatic hydroxyl groups excluding tert-OH is 2. The molecule has 0 bridgehead atoms. The van der Waals surface area contributed by atoms with Crippen LogP contribution in [0, 0.1) is 5.92 Å². The molecule has 3 heteroatoms. The molecule has 12 heavy (non-hydrogen) atoms. The van der Waals surface area contributed by atoms with Crippen molar-refractivity contribution in [2.75, 3.05) is 19.7 Å². The Balaban J connectivity index is 2.58. The molecule has 0 spiro atoms. The standard InChI is InChI=1S/C9H19NO2/c1-3-10-5-4-7(2)9(12)8(10)6-11/h7-9,11-12H,3-6H2,1-2H3/t7-,8-,9+/m1/s1. The van der Waals surface area contributed by atoms with E-state index in [4.69, 9.17) is 5.11 Å². The van der Waals surface area contributed by atoms with E-state index in [0.717, 1.165) is 19.5 Å². The minimum Gasteiger partial charge on any atom is -0.395 e. The third kappa shape index (κ3) is 1.79. The molecule has 1 heterocycles. The molecule has 1 saturated heterocycles. The summed E-state index contributed by atoms with van der Waals surface area (Å²) in [4.78, 5) is 2.14. The molecule has 2 N–H and O–H groups in total. The van der Waals surface area contributed by atoms with Crippen molar-refractivity contribution in [2.24, 2.45) is 5.92 Å². The van der Waals surface area contributed by atoms with Crippen molar-refractivity contribution in [3.05, 3.63) is 0 Å². The van der Waals surface area contributed by atoms with Gasteiger partial charge in [-0.05, 0) is 25.4 Å². The van der Waals surface area contributed by atoms with Crippen LogP contribution in [0.15, 0.2) is 0 Å². The van der Waals surface area contributed by atoms with E-state index >= 15 is 0 Å². The summed E-state index contributed by atoms with van der Waals surface area (Å²) < 4.78 is 0. The highest BCUT2D eigenvalue weighted by Gasteiger charge is 2.32. The molecular formula is C9H19NO2. The number of nitrogens with zero attached hydrogens (tertiary/aromatic N) is 1. The highest BCUT2D eigenvalue weighted by atomic mass is 16.3. The van der Waals surface area contributed by atoms with E-state index in [1.165, 1.54) is 0 Å². The van der Waals surface area contributed by atoms with Gasteiger partial charge in [-0.2, -0.15) is 0 Å². The lowest BCUT2D eigenvalue weighted by atomic mass is 9.89. The van der Waals surface area contributed by atoms with Crippen molar-refractivity contribution in [3.63, 3.8) is 0 Å². The molecule has 0 aromatic carbocycles. The van der Waals surface area contributed by atoms with Crippen LogP contribution in [0.3, 0.4) is 0 Å². The lowest BCUT2D eigenvalue weighted by Gasteiger charge is -2.40. The van der Waals surface area contributed by atoms with Crippen molar-refractivity contribution in [1.82, 2.24) is 4.90 Å². The first kappa shape index (κ1) is 9.96. The molecule has 0 unspecified atom stereocenters. The predicted octanol–water partition coefficient (Wildman–Crippen LogP) is 0.0699. The van der Waals surface area contributed by atoms with Gasteiger partial charge in [0.05, 0.1) is 18.8 Å². The van der Waals surface area contributed by atoms with Crippen LogP contribution in [0.1, 0.15) is 20.3 Å². The Labute approximate surface area is 74.0 Å². The molecule has 0 aromatic rings. The SMILES string of the molecule is CCN1CC[C@@H](C)[C@H](O)[C@H]1CO. The molecule has 1 aliphatic heterocycles. The Bertz CT molecular complexity index is 138. The van der Waals surface area contributed by atoms with Gasteiger partial charge in [-0.3, -0.25) is 4.90 Å². The van der Waals surface area contributed by atoms with Crippen LogP contribution in [0.25, 0.3) is 0 Å². The molecule has 3 nitrogen and oxygen atoms in total. The minimum atomic E-state index is -0.358. The van der Waals surface area contributed by atoms with E-state index < -0.39 is 0 Å². The van der Waals surface area contributed by atoms with E-state index in [1.807, 2.05) is 6.92 Å². The molecule has 1 rings (SSSR count). The van der Waals surface area contributed by atoms with Gasteiger partial charge in [-0.15, -0.1) is 0 Å². The summed E-state index contributed by atoms with van der Waals surface area (Å²) in [6, 6.07) is -0.0428. The maximum absolute atomic E-state index is 9.74. The second kappa shape index (κ2) is 4.21. The number of piperidine rings is 1. The number of likely N-dealkylation sites (tertiary alicyclic amines) is 1. The van der Waals surface area contributed by atoms with Crippen LogP contribution in [0.5, 0.6) is 0 Å². The number of hydrogen-bond acceptors (Lipinski definition) is 3. The molecule has 0 amide bonds. The molecule has 1 aliphatic rings. The normalized spacial score (nSPS) is 38.5. The van der Waals surface area contributed by atoms with Crippen LogP contribution in [0.2, 0.25) is 0 Å². The second-order valence-electron chi connectivity index (χ2n) is 3.64. The van der Waals surface area contributed by atoms with Crippen molar-refractivity contribution in [3.8, 4) is 0 Å². The molecule has 72 valence electrons. The highest BCUT2D eigenvalue weighted by Crippen LogP contribution is 2.22. The maximum Gasteiger partial charge on any atom is 0.0743 e. The molecule has 0 saturated carbocycles. The third-order valence-electron chi connectivity index (χ3n) is 2.91. The van der Waals surface area contributed by atoms with Gasteiger partial charge in [0.1, 0.15) is 0 Å². The zero-order chi connectivity index (χ0) is 9.14. The van der Waals surface area contributed by atoms with Gasteiger partial charge in [0.2, 0.25) is 0 Å². The monoisotopic (exact) mass is 173 g/mol. The molecule has 0 radical (unpaired) electrons. The Hall–Kier alpha value is -0.120. The van der Waals surface area contributed by atoms with E-state index in [-0.39, 0.29) is 18.8 Å². The summed E-state index contributed by atoms with van der Waals surface area (Å²) in [5, 5.41) is 18.8. The van der Waals surface area contributed by atoms with Crippen LogP contribution in [-0.4, -0.2) is 47.0 Å². The van der Waals surface area contributed by atoms with Gasteiger partial charge >= 0.3 is 0 Å². The highest BCUT2D eigenvalue weighted by molar-refractivity contribution is 4.86. The van der Waals surface area contributed by atoms with E-state index in [2.05, 4.69) is 11.8 Å². The summed E-state index contributed by atoms with van der Waals surface area (Å²) in [5.41, 5.74) is 0. The number of likely N-dealkylation sites (N-methyl/N-ethyl adjacent to an activating group) is 1. The topological polar surface area (TPSA) is 43.7 Å². The quantitative estimate of drug-likeness (QED) is 0.621. The Morgan fingerprint density at radius 2 is 2.17 bits per heavy atom. The number of hydrogen-bond donors (Lipinski definition) is 2. The fraction of sp³-hybridized carbons (Fsp3) is 1.00. The Kier molecular flexibility index (Phi) is 3.50. The summed E-state index contributed by atoms with van der Waals surface area (Å²) in [5.74, 6) is 0.324. The van der Waals surface area contributed by atoms with Crippen molar-refractivity contribution in [2.45, 2.75) is 32.4 Å². The van der Waals surface area contributed by atoms with Crippen molar-refractivity contribution >= 4 is 0 Å². The van der Waals surface area contributed by atoms with Crippen molar-refractivity contribution < 1.29 is 10.2 Å². The van der Waals surface area contributed by atoms with E-state index in [0.29, 0.717) is 5.92 Å². The summed E-state index contributed by atoms with van der Waals surface area (Å²) >= 11 is 0. The first-order valence-corrected chi connectivity index (χ1v) is 4.73. The fourth-order valence-electron chi connectivity index (χ4n) is 1.92. The predicted molar refractivity (Wildman–Crippen MR) is 47.9 cm³/mol. The van der Waals surface area contributed by atoms with Gasteiger partial charge in [0.25, 0.3) is 0 Å². The van der Waals surface area contributed by atoms with Crippen LogP contribution < -0.4 is 0 Å². The average molecular weight is 173 g/mol. The first-order valence-electron chi connectivity index (χ1n) is 4.73. The maximum atomic E-state index is 9.74. The first-order chi connectivity index (χ1) is 5.70. The van der Waals surface area contributed by atoms with Crippen molar-refractivity contribution in [1.29, 1.82) is 0 Å². The summed E-state index contributed by atoms with van der Waals surface area (Å²) in [7, 11) is 0. The van der Waals surface area contributed by atoms with Crippen LogP contribution in [-0.2, 0) is 0 Å². The van der Waals surface area contributed by atoms with Gasteiger partial charge in [-0.25, -0.2) is 0 Å². The zero-order valence-electron chi connectivity index (χ0n) is 7.90. The largest absolute Gasteiger partial charge is 0.395 e. The molecule has 0 aromatic heterocycles. The summed E-state index contributed by atoms with van der Waals surface area (Å²) in [6.45, 7) is 6.08. The Morgan fingerprint density at radius 3 is 2.67 bits per heavy atom. The van der Waals surface area contributed by atoms with Gasteiger partial charge in [0, 0.05) is 0 Å². The van der Waals surface area contributed by atoms with Gasteiger partial charge in [-0.1, -0.05) is 13.8 Å². The fourth-order valence-corrected chi connectivity index (χ4v) is 1.92. The van der Waals surface area contributed by atoms with Gasteiger partial charge < -0.3 is 10.2 Å². The van der Waals surface area contributed by atoms with Crippen LogP contribution >= 0.6 is 0 Å². The molecular weight excluding hydrogens is 154 g/mol.